The minimum absolute atomic E-state index is 0.0761. The van der Waals surface area contributed by atoms with E-state index < -0.39 is 10.0 Å². The van der Waals surface area contributed by atoms with Crippen molar-refractivity contribution in [2.24, 2.45) is 5.92 Å². The minimum atomic E-state index is -3.57. The fourth-order valence-electron chi connectivity index (χ4n) is 5.35. The molecule has 2 aromatic carbocycles. The largest absolute Gasteiger partial charge is 0.369 e. The summed E-state index contributed by atoms with van der Waals surface area (Å²) in [7, 11) is -3.57. The van der Waals surface area contributed by atoms with E-state index in [0.717, 1.165) is 30.5 Å². The van der Waals surface area contributed by atoms with E-state index in [9.17, 15) is 13.2 Å². The molecule has 0 spiro atoms. The number of carbonyl (C=O) groups excluding carboxylic acids is 1. The first-order chi connectivity index (χ1) is 15.8. The Morgan fingerprint density at radius 2 is 1.70 bits per heavy atom. The molecule has 0 bridgehead atoms. The number of hydrogen-bond donors (Lipinski definition) is 0. The Morgan fingerprint density at radius 1 is 0.970 bits per heavy atom. The quantitative estimate of drug-likeness (QED) is 0.685. The highest BCUT2D eigenvalue weighted by Gasteiger charge is 2.38. The molecule has 33 heavy (non-hydrogen) atoms. The molecule has 7 heteroatoms. The standard InChI is InChI=1S/C26H33N3O3S/c1-18-6-4-9-24(20(18)3)27-12-14-28(15-13-27)33(31,32)23-10-11-25-22(17-23)16-19(2)29(25)26(30)21-7-5-8-21/h4,6,9-11,17,19,21H,5,7-8,12-16H2,1-3H3. The molecule has 1 aliphatic carbocycles. The van der Waals surface area contributed by atoms with Gasteiger partial charge in [0.2, 0.25) is 15.9 Å². The van der Waals surface area contributed by atoms with Crippen molar-refractivity contribution in [3.05, 3.63) is 53.1 Å². The Bertz CT molecular complexity index is 1180. The number of amides is 1. The van der Waals surface area contributed by atoms with Crippen LogP contribution in [0.5, 0.6) is 0 Å². The van der Waals surface area contributed by atoms with E-state index in [4.69, 9.17) is 0 Å². The maximum absolute atomic E-state index is 13.4. The summed E-state index contributed by atoms with van der Waals surface area (Å²) < 4.78 is 28.5. The van der Waals surface area contributed by atoms with Crippen molar-refractivity contribution in [1.82, 2.24) is 4.31 Å². The molecule has 1 saturated carbocycles. The van der Waals surface area contributed by atoms with E-state index in [1.807, 2.05) is 11.0 Å². The van der Waals surface area contributed by atoms with Crippen molar-refractivity contribution in [1.29, 1.82) is 0 Å². The van der Waals surface area contributed by atoms with Gasteiger partial charge in [-0.2, -0.15) is 4.31 Å². The minimum Gasteiger partial charge on any atom is -0.369 e. The normalized spacial score (nSPS) is 21.7. The summed E-state index contributed by atoms with van der Waals surface area (Å²) in [5, 5.41) is 0. The van der Waals surface area contributed by atoms with E-state index in [1.54, 1.807) is 16.4 Å². The Labute approximate surface area is 197 Å². The summed E-state index contributed by atoms with van der Waals surface area (Å²) in [6.07, 6.45) is 3.77. The van der Waals surface area contributed by atoms with Crippen LogP contribution in [0.3, 0.4) is 0 Å². The van der Waals surface area contributed by atoms with Gasteiger partial charge < -0.3 is 9.80 Å². The molecule has 5 rings (SSSR count). The highest BCUT2D eigenvalue weighted by atomic mass is 32.2. The average molecular weight is 468 g/mol. The summed E-state index contributed by atoms with van der Waals surface area (Å²) in [6, 6.07) is 11.7. The second-order valence-corrected chi connectivity index (χ2v) is 11.7. The molecular weight excluding hydrogens is 434 g/mol. The molecule has 1 amide bonds. The van der Waals surface area contributed by atoms with Crippen LogP contribution in [0.15, 0.2) is 41.3 Å². The Kier molecular flexibility index (Phi) is 5.73. The maximum Gasteiger partial charge on any atom is 0.243 e. The third-order valence-corrected chi connectivity index (χ3v) is 9.65. The number of sulfonamides is 1. The molecule has 0 radical (unpaired) electrons. The van der Waals surface area contributed by atoms with Gasteiger partial charge in [0.1, 0.15) is 0 Å². The third kappa shape index (κ3) is 3.85. The molecule has 2 aromatic rings. The average Bonchev–Trinajstić information content (AvgIpc) is 3.09. The molecule has 1 unspecified atom stereocenters. The molecule has 6 nitrogen and oxygen atoms in total. The molecule has 2 aliphatic heterocycles. The maximum atomic E-state index is 13.4. The first-order valence-electron chi connectivity index (χ1n) is 12.0. The number of rotatable bonds is 4. The van der Waals surface area contributed by atoms with Gasteiger partial charge in [-0.3, -0.25) is 4.79 Å². The zero-order chi connectivity index (χ0) is 23.3. The summed E-state index contributed by atoms with van der Waals surface area (Å²) in [6.45, 7) is 8.57. The van der Waals surface area contributed by atoms with Gasteiger partial charge in [0.25, 0.3) is 0 Å². The first kappa shape index (κ1) is 22.4. The van der Waals surface area contributed by atoms with Gasteiger partial charge in [-0.1, -0.05) is 18.6 Å². The topological polar surface area (TPSA) is 60.9 Å². The van der Waals surface area contributed by atoms with E-state index in [-0.39, 0.29) is 17.9 Å². The van der Waals surface area contributed by atoms with Crippen LogP contribution in [0.2, 0.25) is 0 Å². The van der Waals surface area contributed by atoms with Gasteiger partial charge in [0.15, 0.2) is 0 Å². The SMILES string of the molecule is Cc1cccc(N2CCN(S(=O)(=O)c3ccc4c(c3)CC(C)N4C(=O)C3CCC3)CC2)c1C. The van der Waals surface area contributed by atoms with Crippen LogP contribution >= 0.6 is 0 Å². The Hall–Kier alpha value is -2.38. The van der Waals surface area contributed by atoms with Crippen molar-refractivity contribution < 1.29 is 13.2 Å². The van der Waals surface area contributed by atoms with Crippen LogP contribution in [0.4, 0.5) is 11.4 Å². The van der Waals surface area contributed by atoms with Crippen LogP contribution in [-0.2, 0) is 21.2 Å². The number of aryl methyl sites for hydroxylation is 1. The Morgan fingerprint density at radius 3 is 2.36 bits per heavy atom. The van der Waals surface area contributed by atoms with Gasteiger partial charge in [-0.15, -0.1) is 0 Å². The zero-order valence-electron chi connectivity index (χ0n) is 19.8. The molecule has 2 heterocycles. The van der Waals surface area contributed by atoms with E-state index in [1.165, 1.54) is 16.8 Å². The highest BCUT2D eigenvalue weighted by molar-refractivity contribution is 7.89. The van der Waals surface area contributed by atoms with Gasteiger partial charge >= 0.3 is 0 Å². The predicted molar refractivity (Wildman–Crippen MR) is 131 cm³/mol. The number of fused-ring (bicyclic) bond motifs is 1. The Balaban J connectivity index is 1.32. The lowest BCUT2D eigenvalue weighted by molar-refractivity contribution is -0.125. The first-order valence-corrected chi connectivity index (χ1v) is 13.5. The highest BCUT2D eigenvalue weighted by Crippen LogP contribution is 2.38. The molecule has 1 saturated heterocycles. The molecule has 2 fully saturated rings. The van der Waals surface area contributed by atoms with Gasteiger partial charge in [-0.05, 0) is 81.0 Å². The van der Waals surface area contributed by atoms with E-state index >= 15 is 0 Å². The molecular formula is C26H33N3O3S. The second kappa shape index (κ2) is 8.44. The molecule has 1 atom stereocenters. The summed E-state index contributed by atoms with van der Waals surface area (Å²) in [4.78, 5) is 17.4. The van der Waals surface area contributed by atoms with Crippen molar-refractivity contribution in [3.8, 4) is 0 Å². The van der Waals surface area contributed by atoms with Gasteiger partial charge in [0.05, 0.1) is 4.90 Å². The lowest BCUT2D eigenvalue weighted by atomic mass is 9.84. The molecule has 3 aliphatic rings. The van der Waals surface area contributed by atoms with Crippen molar-refractivity contribution in [3.63, 3.8) is 0 Å². The smallest absolute Gasteiger partial charge is 0.243 e. The van der Waals surface area contributed by atoms with Crippen LogP contribution in [-0.4, -0.2) is 50.9 Å². The fourth-order valence-corrected chi connectivity index (χ4v) is 6.83. The zero-order valence-corrected chi connectivity index (χ0v) is 20.6. The van der Waals surface area contributed by atoms with Gasteiger partial charge in [-0.25, -0.2) is 8.42 Å². The molecule has 176 valence electrons. The molecule has 0 N–H and O–H groups in total. The summed E-state index contributed by atoms with van der Waals surface area (Å²) in [5.74, 6) is 0.334. The number of benzene rings is 2. The fraction of sp³-hybridized carbons (Fsp3) is 0.500. The molecule has 0 aromatic heterocycles. The summed E-state index contributed by atoms with van der Waals surface area (Å²) in [5.41, 5.74) is 5.54. The van der Waals surface area contributed by atoms with Gasteiger partial charge in [0, 0.05) is 49.5 Å². The number of carbonyl (C=O) groups is 1. The number of hydrogen-bond acceptors (Lipinski definition) is 4. The summed E-state index contributed by atoms with van der Waals surface area (Å²) >= 11 is 0. The van der Waals surface area contributed by atoms with Crippen LogP contribution in [0.1, 0.15) is 42.9 Å². The monoisotopic (exact) mass is 467 g/mol. The van der Waals surface area contributed by atoms with Crippen molar-refractivity contribution in [2.45, 2.75) is 57.4 Å². The number of piperazine rings is 1. The lowest BCUT2D eigenvalue weighted by Crippen LogP contribution is -2.48. The lowest BCUT2D eigenvalue weighted by Gasteiger charge is -2.36. The van der Waals surface area contributed by atoms with E-state index in [0.29, 0.717) is 37.5 Å². The second-order valence-electron chi connectivity index (χ2n) is 9.79. The van der Waals surface area contributed by atoms with Crippen LogP contribution in [0, 0.1) is 19.8 Å². The van der Waals surface area contributed by atoms with Crippen LogP contribution < -0.4 is 9.80 Å². The van der Waals surface area contributed by atoms with Crippen molar-refractivity contribution in [2.75, 3.05) is 36.0 Å². The number of nitrogens with zero attached hydrogens (tertiary/aromatic N) is 3. The number of anilines is 2. The van der Waals surface area contributed by atoms with Crippen molar-refractivity contribution >= 4 is 27.3 Å². The predicted octanol–water partition coefficient (Wildman–Crippen LogP) is 3.89. The van der Waals surface area contributed by atoms with Crippen LogP contribution in [0.25, 0.3) is 0 Å². The van der Waals surface area contributed by atoms with E-state index in [2.05, 4.69) is 43.9 Å². The third-order valence-electron chi connectivity index (χ3n) is 7.75.